The van der Waals surface area contributed by atoms with E-state index in [1.54, 1.807) is 11.8 Å². The van der Waals surface area contributed by atoms with Crippen molar-refractivity contribution in [1.29, 1.82) is 0 Å². The number of hydrogen-bond donors (Lipinski definition) is 2. The number of benzene rings is 1. The minimum absolute atomic E-state index is 0.232. The van der Waals surface area contributed by atoms with Crippen LogP contribution < -0.4 is 11.1 Å². The summed E-state index contributed by atoms with van der Waals surface area (Å²) < 4.78 is 0. The van der Waals surface area contributed by atoms with E-state index in [9.17, 15) is 0 Å². The van der Waals surface area contributed by atoms with Crippen molar-refractivity contribution in [3.05, 3.63) is 36.7 Å². The molecule has 0 amide bonds. The van der Waals surface area contributed by atoms with Crippen LogP contribution in [0.5, 0.6) is 0 Å². The number of aromatic nitrogens is 3. The van der Waals surface area contributed by atoms with Crippen molar-refractivity contribution in [3.8, 4) is 0 Å². The van der Waals surface area contributed by atoms with E-state index in [0.717, 1.165) is 5.75 Å². The zero-order valence-electron chi connectivity index (χ0n) is 10.1. The van der Waals surface area contributed by atoms with Crippen LogP contribution >= 0.6 is 11.8 Å². The van der Waals surface area contributed by atoms with Crippen molar-refractivity contribution in [2.75, 3.05) is 16.8 Å². The van der Waals surface area contributed by atoms with E-state index in [4.69, 9.17) is 5.73 Å². The van der Waals surface area contributed by atoms with Gasteiger partial charge in [0, 0.05) is 16.7 Å². The first-order valence-corrected chi connectivity index (χ1v) is 6.61. The highest BCUT2D eigenvalue weighted by atomic mass is 32.2. The normalized spacial score (nSPS) is 12.1. The third-order valence-electron chi connectivity index (χ3n) is 2.21. The molecule has 2 rings (SSSR count). The van der Waals surface area contributed by atoms with E-state index in [2.05, 4.69) is 39.3 Å². The lowest BCUT2D eigenvalue weighted by atomic mass is 10.4. The summed E-state index contributed by atoms with van der Waals surface area (Å²) in [6, 6.07) is 10.5. The maximum atomic E-state index is 5.49. The lowest BCUT2D eigenvalue weighted by Gasteiger charge is -2.13. The maximum Gasteiger partial charge on any atom is 0.227 e. The highest BCUT2D eigenvalue weighted by Crippen LogP contribution is 2.18. The van der Waals surface area contributed by atoms with E-state index in [1.165, 1.54) is 11.2 Å². The number of rotatable bonds is 5. The van der Waals surface area contributed by atoms with Gasteiger partial charge in [0.2, 0.25) is 11.9 Å². The fourth-order valence-electron chi connectivity index (χ4n) is 1.38. The predicted octanol–water partition coefficient (Wildman–Crippen LogP) is 2.05. The summed E-state index contributed by atoms with van der Waals surface area (Å²) in [5.41, 5.74) is 5.49. The van der Waals surface area contributed by atoms with Gasteiger partial charge in [-0.1, -0.05) is 18.2 Å². The number of hydrogen-bond acceptors (Lipinski definition) is 6. The lowest BCUT2D eigenvalue weighted by Crippen LogP contribution is -2.20. The molecule has 0 aliphatic rings. The summed E-state index contributed by atoms with van der Waals surface area (Å²) in [6.45, 7) is 2.08. The molecule has 0 radical (unpaired) electrons. The number of nitrogens with zero attached hydrogens (tertiary/aromatic N) is 3. The van der Waals surface area contributed by atoms with Crippen LogP contribution in [0.15, 0.2) is 41.6 Å². The van der Waals surface area contributed by atoms with E-state index in [1.807, 2.05) is 18.2 Å². The summed E-state index contributed by atoms with van der Waals surface area (Å²) in [5, 5.41) is 3.19. The second-order valence-electron chi connectivity index (χ2n) is 3.84. The molecule has 0 aliphatic carbocycles. The van der Waals surface area contributed by atoms with Gasteiger partial charge in [0.15, 0.2) is 0 Å². The molecule has 18 heavy (non-hydrogen) atoms. The van der Waals surface area contributed by atoms with Gasteiger partial charge in [-0.05, 0) is 19.1 Å². The minimum Gasteiger partial charge on any atom is -0.368 e. The molecular weight excluding hydrogens is 246 g/mol. The van der Waals surface area contributed by atoms with Crippen LogP contribution in [-0.2, 0) is 0 Å². The molecular formula is C12H15N5S. The zero-order chi connectivity index (χ0) is 12.8. The Morgan fingerprint density at radius 2 is 2.06 bits per heavy atom. The van der Waals surface area contributed by atoms with Crippen LogP contribution in [0.25, 0.3) is 0 Å². The average molecular weight is 261 g/mol. The number of nitrogens with one attached hydrogen (secondary N) is 1. The molecule has 1 heterocycles. The van der Waals surface area contributed by atoms with Crippen molar-refractivity contribution >= 4 is 23.7 Å². The van der Waals surface area contributed by atoms with Gasteiger partial charge >= 0.3 is 0 Å². The van der Waals surface area contributed by atoms with Gasteiger partial charge in [-0.3, -0.25) is 0 Å². The SMILES string of the molecule is CC(CSc1ccccc1)Nc1ncnc(N)n1. The third-order valence-corrected chi connectivity index (χ3v) is 3.48. The molecule has 0 fully saturated rings. The third kappa shape index (κ3) is 3.89. The van der Waals surface area contributed by atoms with Gasteiger partial charge in [0.05, 0.1) is 0 Å². The lowest BCUT2D eigenvalue weighted by molar-refractivity contribution is 0.879. The Balaban J connectivity index is 1.84. The summed E-state index contributed by atoms with van der Waals surface area (Å²) >= 11 is 1.79. The quantitative estimate of drug-likeness (QED) is 0.802. The van der Waals surface area contributed by atoms with Crippen LogP contribution in [0, 0.1) is 0 Å². The van der Waals surface area contributed by atoms with Crippen molar-refractivity contribution in [2.45, 2.75) is 17.9 Å². The van der Waals surface area contributed by atoms with Gasteiger partial charge in [-0.25, -0.2) is 9.97 Å². The van der Waals surface area contributed by atoms with Crippen molar-refractivity contribution < 1.29 is 0 Å². The average Bonchev–Trinajstić information content (AvgIpc) is 2.38. The van der Waals surface area contributed by atoms with Crippen molar-refractivity contribution in [1.82, 2.24) is 15.0 Å². The summed E-state index contributed by atoms with van der Waals surface area (Å²) in [6.07, 6.45) is 1.40. The highest BCUT2D eigenvalue weighted by molar-refractivity contribution is 7.99. The molecule has 2 aromatic rings. The number of nitrogens with two attached hydrogens (primary N) is 1. The van der Waals surface area contributed by atoms with Gasteiger partial charge in [0.25, 0.3) is 0 Å². The largest absolute Gasteiger partial charge is 0.368 e. The molecule has 1 atom stereocenters. The molecule has 1 unspecified atom stereocenters. The number of nitrogen functional groups attached to an aromatic ring is 1. The Morgan fingerprint density at radius 1 is 1.28 bits per heavy atom. The Kier molecular flexibility index (Phi) is 4.35. The molecule has 94 valence electrons. The van der Waals surface area contributed by atoms with Crippen LogP contribution in [0.3, 0.4) is 0 Å². The summed E-state index contributed by atoms with van der Waals surface area (Å²) in [4.78, 5) is 13.0. The molecule has 1 aromatic heterocycles. The Morgan fingerprint density at radius 3 is 2.78 bits per heavy atom. The van der Waals surface area contributed by atoms with Crippen LogP contribution in [0.1, 0.15) is 6.92 Å². The maximum absolute atomic E-state index is 5.49. The first kappa shape index (κ1) is 12.6. The van der Waals surface area contributed by atoms with Gasteiger partial charge in [0.1, 0.15) is 6.33 Å². The zero-order valence-corrected chi connectivity index (χ0v) is 10.9. The minimum atomic E-state index is 0.232. The monoisotopic (exact) mass is 261 g/mol. The molecule has 5 nitrogen and oxygen atoms in total. The van der Waals surface area contributed by atoms with E-state index < -0.39 is 0 Å². The first-order valence-electron chi connectivity index (χ1n) is 5.63. The van der Waals surface area contributed by atoms with Crippen molar-refractivity contribution in [2.24, 2.45) is 0 Å². The molecule has 0 aliphatic heterocycles. The van der Waals surface area contributed by atoms with Crippen LogP contribution in [0.4, 0.5) is 11.9 Å². The van der Waals surface area contributed by atoms with Crippen LogP contribution in [0.2, 0.25) is 0 Å². The van der Waals surface area contributed by atoms with Gasteiger partial charge in [-0.2, -0.15) is 4.98 Å². The van der Waals surface area contributed by atoms with Gasteiger partial charge < -0.3 is 11.1 Å². The molecule has 0 saturated heterocycles. The number of thioether (sulfide) groups is 1. The molecule has 3 N–H and O–H groups in total. The van der Waals surface area contributed by atoms with E-state index in [-0.39, 0.29) is 12.0 Å². The van der Waals surface area contributed by atoms with E-state index in [0.29, 0.717) is 5.95 Å². The Hall–Kier alpha value is -1.82. The second kappa shape index (κ2) is 6.20. The molecule has 0 spiro atoms. The van der Waals surface area contributed by atoms with Crippen molar-refractivity contribution in [3.63, 3.8) is 0 Å². The summed E-state index contributed by atoms with van der Waals surface area (Å²) in [5.74, 6) is 1.68. The molecule has 1 aromatic carbocycles. The molecule has 0 bridgehead atoms. The fourth-order valence-corrected chi connectivity index (χ4v) is 2.25. The molecule has 6 heteroatoms. The predicted molar refractivity (Wildman–Crippen MR) is 74.5 cm³/mol. The fraction of sp³-hybridized carbons (Fsp3) is 0.250. The Labute approximate surface area is 110 Å². The molecule has 0 saturated carbocycles. The Bertz CT molecular complexity index is 491. The number of anilines is 2. The van der Waals surface area contributed by atoms with Crippen LogP contribution in [-0.4, -0.2) is 26.7 Å². The second-order valence-corrected chi connectivity index (χ2v) is 4.93. The smallest absolute Gasteiger partial charge is 0.227 e. The summed E-state index contributed by atoms with van der Waals surface area (Å²) in [7, 11) is 0. The van der Waals surface area contributed by atoms with Gasteiger partial charge in [-0.15, -0.1) is 11.8 Å². The van der Waals surface area contributed by atoms with E-state index >= 15 is 0 Å². The highest BCUT2D eigenvalue weighted by Gasteiger charge is 2.05. The standard InChI is InChI=1S/C12H15N5S/c1-9(7-18-10-5-3-2-4-6-10)16-12-15-8-14-11(13)17-12/h2-6,8-9H,7H2,1H3,(H3,13,14,15,16,17). The first-order chi connectivity index (χ1) is 8.74. The topological polar surface area (TPSA) is 76.7 Å².